The number of ether oxygens (including phenoxy) is 2. The summed E-state index contributed by atoms with van der Waals surface area (Å²) in [7, 11) is 1.26. The van der Waals surface area contributed by atoms with Crippen LogP contribution in [0, 0.1) is 5.41 Å². The van der Waals surface area contributed by atoms with Crippen LogP contribution in [0.5, 0.6) is 0 Å². The van der Waals surface area contributed by atoms with Crippen LogP contribution >= 0.6 is 0 Å². The van der Waals surface area contributed by atoms with E-state index in [1.54, 1.807) is 41.5 Å². The number of rotatable bonds is 1. The van der Waals surface area contributed by atoms with Gasteiger partial charge < -0.3 is 14.6 Å². The lowest BCUT2D eigenvalue weighted by atomic mass is 9.74. The highest BCUT2D eigenvalue weighted by molar-refractivity contribution is 5.83. The van der Waals surface area contributed by atoms with Gasteiger partial charge in [0.2, 0.25) is 0 Å². The SMILES string of the molecule is COC(=O)[C@H]1N(C(=O)OC(C)(C)C)C[C@](C)(O)C1(C)C. The van der Waals surface area contributed by atoms with Gasteiger partial charge in [-0.25, -0.2) is 9.59 Å². The van der Waals surface area contributed by atoms with Crippen LogP contribution < -0.4 is 0 Å². The number of nitrogens with zero attached hydrogens (tertiary/aromatic N) is 1. The molecule has 1 N–H and O–H groups in total. The average molecular weight is 287 g/mol. The number of methoxy groups -OCH3 is 1. The maximum absolute atomic E-state index is 12.3. The lowest BCUT2D eigenvalue weighted by molar-refractivity contribution is -0.150. The van der Waals surface area contributed by atoms with Gasteiger partial charge in [-0.15, -0.1) is 0 Å². The van der Waals surface area contributed by atoms with Crippen molar-refractivity contribution in [2.75, 3.05) is 13.7 Å². The molecule has 1 saturated heterocycles. The van der Waals surface area contributed by atoms with Gasteiger partial charge in [-0.1, -0.05) is 13.8 Å². The van der Waals surface area contributed by atoms with Crippen LogP contribution in [0.2, 0.25) is 0 Å². The van der Waals surface area contributed by atoms with Crippen LogP contribution in [-0.4, -0.2) is 53.0 Å². The first kappa shape index (κ1) is 16.8. The number of β-amino-alcohol motifs (C(OH)–C–C–N with tert-alkyl or cyclic N) is 1. The van der Waals surface area contributed by atoms with E-state index in [1.165, 1.54) is 12.0 Å². The normalized spacial score (nSPS) is 29.2. The number of hydrogen-bond acceptors (Lipinski definition) is 5. The Morgan fingerprint density at radius 2 is 1.75 bits per heavy atom. The minimum atomic E-state index is -1.21. The zero-order valence-corrected chi connectivity index (χ0v) is 13.3. The van der Waals surface area contributed by atoms with Gasteiger partial charge in [0.1, 0.15) is 11.6 Å². The Labute approximate surface area is 120 Å². The molecule has 1 heterocycles. The number of amides is 1. The average Bonchev–Trinajstić information content (AvgIpc) is 2.42. The molecule has 2 atom stereocenters. The van der Waals surface area contributed by atoms with Crippen molar-refractivity contribution in [1.82, 2.24) is 4.90 Å². The third-order valence-electron chi connectivity index (χ3n) is 3.91. The first-order chi connectivity index (χ1) is 8.83. The first-order valence-corrected chi connectivity index (χ1v) is 6.63. The van der Waals surface area contributed by atoms with Gasteiger partial charge >= 0.3 is 12.1 Å². The van der Waals surface area contributed by atoms with Crippen molar-refractivity contribution in [2.45, 2.75) is 58.8 Å². The van der Waals surface area contributed by atoms with Crippen LogP contribution in [0.3, 0.4) is 0 Å². The molecular weight excluding hydrogens is 262 g/mol. The molecule has 0 aromatic carbocycles. The molecule has 0 aromatic rings. The fourth-order valence-electron chi connectivity index (χ4n) is 2.33. The smallest absolute Gasteiger partial charge is 0.411 e. The summed E-state index contributed by atoms with van der Waals surface area (Å²) in [6, 6.07) is -0.877. The molecule has 6 nitrogen and oxygen atoms in total. The summed E-state index contributed by atoms with van der Waals surface area (Å²) < 4.78 is 10.1. The zero-order chi connectivity index (χ0) is 15.9. The lowest BCUT2D eigenvalue weighted by Crippen LogP contribution is -2.50. The number of carbonyl (C=O) groups is 2. The highest BCUT2D eigenvalue weighted by Gasteiger charge is 2.60. The van der Waals surface area contributed by atoms with Gasteiger partial charge in [0.25, 0.3) is 0 Å². The third-order valence-corrected chi connectivity index (χ3v) is 3.91. The number of esters is 1. The second kappa shape index (κ2) is 4.91. The van der Waals surface area contributed by atoms with Gasteiger partial charge in [0.05, 0.1) is 19.3 Å². The van der Waals surface area contributed by atoms with Gasteiger partial charge in [0.15, 0.2) is 0 Å². The quantitative estimate of drug-likeness (QED) is 0.741. The standard InChI is InChI=1S/C14H25NO5/c1-12(2,3)20-11(17)15-8-14(6,18)13(4,5)9(15)10(16)19-7/h9,18H,8H2,1-7H3/t9-,14+/m1/s1. The molecule has 0 bridgehead atoms. The second-order valence-electron chi connectivity index (χ2n) is 7.03. The topological polar surface area (TPSA) is 76.1 Å². The Morgan fingerprint density at radius 1 is 1.25 bits per heavy atom. The van der Waals surface area contributed by atoms with Gasteiger partial charge in [-0.2, -0.15) is 0 Å². The molecule has 1 amide bonds. The Morgan fingerprint density at radius 3 is 2.15 bits per heavy atom. The number of likely N-dealkylation sites (tertiary alicyclic amines) is 1. The molecule has 0 spiro atoms. The van der Waals surface area contributed by atoms with E-state index in [-0.39, 0.29) is 6.54 Å². The monoisotopic (exact) mass is 287 g/mol. The first-order valence-electron chi connectivity index (χ1n) is 6.63. The van der Waals surface area contributed by atoms with E-state index in [1.807, 2.05) is 0 Å². The van der Waals surface area contributed by atoms with Crippen molar-refractivity contribution in [3.8, 4) is 0 Å². The van der Waals surface area contributed by atoms with E-state index < -0.39 is 34.7 Å². The Bertz CT molecular complexity index is 408. The van der Waals surface area contributed by atoms with E-state index in [0.717, 1.165) is 0 Å². The highest BCUT2D eigenvalue weighted by atomic mass is 16.6. The molecule has 116 valence electrons. The van der Waals surface area contributed by atoms with E-state index in [0.29, 0.717) is 0 Å². The zero-order valence-electron chi connectivity index (χ0n) is 13.3. The van der Waals surface area contributed by atoms with E-state index in [9.17, 15) is 14.7 Å². The summed E-state index contributed by atoms with van der Waals surface area (Å²) >= 11 is 0. The van der Waals surface area contributed by atoms with E-state index >= 15 is 0 Å². The van der Waals surface area contributed by atoms with Crippen LogP contribution in [-0.2, 0) is 14.3 Å². The van der Waals surface area contributed by atoms with Crippen molar-refractivity contribution in [2.24, 2.45) is 5.41 Å². The fourth-order valence-corrected chi connectivity index (χ4v) is 2.33. The fraction of sp³-hybridized carbons (Fsp3) is 0.857. The molecule has 1 rings (SSSR count). The van der Waals surface area contributed by atoms with Crippen molar-refractivity contribution < 1.29 is 24.2 Å². The molecule has 0 radical (unpaired) electrons. The third kappa shape index (κ3) is 2.90. The van der Waals surface area contributed by atoms with Gasteiger partial charge in [0, 0.05) is 5.41 Å². The Balaban J connectivity index is 3.12. The number of hydrogen-bond donors (Lipinski definition) is 1. The molecule has 6 heteroatoms. The van der Waals surface area contributed by atoms with Gasteiger partial charge in [-0.05, 0) is 27.7 Å². The minimum absolute atomic E-state index is 0.0225. The molecule has 0 saturated carbocycles. The Kier molecular flexibility index (Phi) is 4.11. The predicted octanol–water partition coefficient (Wildman–Crippen LogP) is 1.56. The van der Waals surface area contributed by atoms with Crippen molar-refractivity contribution in [1.29, 1.82) is 0 Å². The van der Waals surface area contributed by atoms with Gasteiger partial charge in [-0.3, -0.25) is 4.90 Å². The number of aliphatic hydroxyl groups is 1. The second-order valence-corrected chi connectivity index (χ2v) is 7.03. The predicted molar refractivity (Wildman–Crippen MR) is 73.1 cm³/mol. The summed E-state index contributed by atoms with van der Waals surface area (Å²) in [6.45, 7) is 10.3. The minimum Gasteiger partial charge on any atom is -0.467 e. The number of carbonyl (C=O) groups excluding carboxylic acids is 2. The van der Waals surface area contributed by atoms with E-state index in [4.69, 9.17) is 9.47 Å². The molecule has 1 fully saturated rings. The molecule has 0 aliphatic carbocycles. The maximum atomic E-state index is 12.3. The van der Waals surface area contributed by atoms with Crippen molar-refractivity contribution in [3.05, 3.63) is 0 Å². The largest absolute Gasteiger partial charge is 0.467 e. The molecule has 20 heavy (non-hydrogen) atoms. The maximum Gasteiger partial charge on any atom is 0.411 e. The molecule has 0 unspecified atom stereocenters. The summed E-state index contributed by atoms with van der Waals surface area (Å²) in [5.41, 5.74) is -2.71. The van der Waals surface area contributed by atoms with Crippen LogP contribution in [0.1, 0.15) is 41.5 Å². The van der Waals surface area contributed by atoms with Crippen molar-refractivity contribution in [3.63, 3.8) is 0 Å². The lowest BCUT2D eigenvalue weighted by Gasteiger charge is -2.35. The van der Waals surface area contributed by atoms with Crippen LogP contribution in [0.25, 0.3) is 0 Å². The molecule has 1 aliphatic rings. The van der Waals surface area contributed by atoms with Crippen LogP contribution in [0.4, 0.5) is 4.79 Å². The molecule has 0 aromatic heterocycles. The Hall–Kier alpha value is -1.30. The summed E-state index contributed by atoms with van der Waals surface area (Å²) in [6.07, 6.45) is -0.626. The molecular formula is C14H25NO5. The summed E-state index contributed by atoms with van der Waals surface area (Å²) in [5.74, 6) is -0.557. The van der Waals surface area contributed by atoms with Crippen molar-refractivity contribution >= 4 is 12.1 Å². The van der Waals surface area contributed by atoms with Crippen LogP contribution in [0.15, 0.2) is 0 Å². The van der Waals surface area contributed by atoms with E-state index in [2.05, 4.69) is 0 Å². The molecule has 1 aliphatic heterocycles. The summed E-state index contributed by atoms with van der Waals surface area (Å²) in [4.78, 5) is 25.5. The summed E-state index contributed by atoms with van der Waals surface area (Å²) in [5, 5.41) is 10.5. The highest BCUT2D eigenvalue weighted by Crippen LogP contribution is 2.44.